The molecule has 9 nitrogen and oxygen atoms in total. The lowest BCUT2D eigenvalue weighted by molar-refractivity contribution is -0.142. The first-order valence-corrected chi connectivity index (χ1v) is 16.1. The molecule has 0 radical (unpaired) electrons. The zero-order chi connectivity index (χ0) is 31.4. The van der Waals surface area contributed by atoms with E-state index in [-0.39, 0.29) is 12.4 Å². The average Bonchev–Trinajstić information content (AvgIpc) is 3.38. The fourth-order valence-corrected chi connectivity index (χ4v) is 5.28. The van der Waals surface area contributed by atoms with E-state index in [1.54, 1.807) is 30.6 Å². The van der Waals surface area contributed by atoms with Crippen LogP contribution >= 0.6 is 11.6 Å². The molecule has 43 heavy (non-hydrogen) atoms. The van der Waals surface area contributed by atoms with Gasteiger partial charge in [0.25, 0.3) is 0 Å². The number of carbonyl (C=O) groups excluding carboxylic acids is 1. The van der Waals surface area contributed by atoms with Crippen LogP contribution in [0.25, 0.3) is 5.70 Å². The second-order valence-electron chi connectivity index (χ2n) is 10.3. The molecule has 0 saturated heterocycles. The number of carbonyl (C=O) groups is 1. The van der Waals surface area contributed by atoms with Gasteiger partial charge in [-0.2, -0.15) is 0 Å². The molecule has 0 aliphatic carbocycles. The van der Waals surface area contributed by atoms with Crippen molar-refractivity contribution >= 4 is 44.7 Å². The highest BCUT2D eigenvalue weighted by molar-refractivity contribution is 7.90. The van der Waals surface area contributed by atoms with Crippen LogP contribution in [0, 0.1) is 4.78 Å². The first kappa shape index (κ1) is 33.8. The third-order valence-electron chi connectivity index (χ3n) is 6.79. The van der Waals surface area contributed by atoms with E-state index in [1.165, 1.54) is 0 Å². The maximum absolute atomic E-state index is 12.9. The van der Waals surface area contributed by atoms with Gasteiger partial charge in [-0.05, 0) is 74.4 Å². The Morgan fingerprint density at radius 1 is 1.14 bits per heavy atom. The summed E-state index contributed by atoms with van der Waals surface area (Å²) in [5.41, 5.74) is 10.5. The second kappa shape index (κ2) is 16.2. The number of aliphatic imine (C=N–C) groups is 1. The van der Waals surface area contributed by atoms with Gasteiger partial charge < -0.3 is 15.0 Å². The Labute approximate surface area is 260 Å². The van der Waals surface area contributed by atoms with Crippen LogP contribution in [0.3, 0.4) is 0 Å². The summed E-state index contributed by atoms with van der Waals surface area (Å²) in [6.07, 6.45) is 5.48. The van der Waals surface area contributed by atoms with Crippen molar-refractivity contribution in [2.75, 3.05) is 6.61 Å². The maximum atomic E-state index is 12.9. The second-order valence-corrected chi connectivity index (χ2v) is 12.6. The zero-order valence-corrected chi connectivity index (χ0v) is 26.5. The number of ether oxygens (including phenoxy) is 1. The summed E-state index contributed by atoms with van der Waals surface area (Å²) in [4.78, 5) is 21.7. The van der Waals surface area contributed by atoms with E-state index in [1.807, 2.05) is 42.7 Å². The molecule has 11 heteroatoms. The number of aryl methyl sites for hydroxylation is 2. The predicted molar refractivity (Wildman–Crippen MR) is 175 cm³/mol. The third kappa shape index (κ3) is 10.8. The van der Waals surface area contributed by atoms with E-state index in [4.69, 9.17) is 26.9 Å². The van der Waals surface area contributed by atoms with Crippen molar-refractivity contribution in [2.24, 2.45) is 10.7 Å². The summed E-state index contributed by atoms with van der Waals surface area (Å²) < 4.78 is 31.3. The highest BCUT2D eigenvalue weighted by Crippen LogP contribution is 2.23. The highest BCUT2D eigenvalue weighted by atomic mass is 35.5. The first-order valence-electron chi connectivity index (χ1n) is 14.2. The molecule has 0 saturated carbocycles. The fraction of sp³-hybridized carbons (Fsp3) is 0.344. The molecule has 1 aromatic heterocycles. The number of imidazole rings is 1. The molecule has 0 fully saturated rings. The van der Waals surface area contributed by atoms with Crippen molar-refractivity contribution < 1.29 is 13.7 Å². The molecule has 1 heterocycles. The number of hydrogen-bond donors (Lipinski definition) is 3. The van der Waals surface area contributed by atoms with E-state index in [2.05, 4.69) is 27.9 Å². The van der Waals surface area contributed by atoms with E-state index in [0.29, 0.717) is 66.1 Å². The van der Waals surface area contributed by atoms with Crippen molar-refractivity contribution in [3.8, 4) is 0 Å². The quantitative estimate of drug-likeness (QED) is 0.0644. The Bertz CT molecular complexity index is 1540. The summed E-state index contributed by atoms with van der Waals surface area (Å²) in [5, 5.41) is 0.625. The monoisotopic (exact) mass is 624 g/mol. The summed E-state index contributed by atoms with van der Waals surface area (Å²) in [6, 6.07) is 14.3. The summed E-state index contributed by atoms with van der Waals surface area (Å²) in [5.74, 6) is 0.406. The Balaban J connectivity index is 1.37. The van der Waals surface area contributed by atoms with Crippen LogP contribution in [0.1, 0.15) is 62.8 Å². The zero-order valence-electron chi connectivity index (χ0n) is 24.9. The van der Waals surface area contributed by atoms with Gasteiger partial charge >= 0.3 is 5.97 Å². The minimum atomic E-state index is -3.15. The van der Waals surface area contributed by atoms with Gasteiger partial charge in [-0.3, -0.25) is 4.79 Å². The Morgan fingerprint density at radius 3 is 2.47 bits per heavy atom. The average molecular weight is 625 g/mol. The molecule has 0 aliphatic rings. The number of aromatic nitrogens is 2. The molecule has 0 bridgehead atoms. The van der Waals surface area contributed by atoms with Gasteiger partial charge in [0.2, 0.25) is 0 Å². The van der Waals surface area contributed by atoms with Crippen molar-refractivity contribution in [1.82, 2.24) is 14.3 Å². The molecular formula is C32H41ClN6O3S. The van der Waals surface area contributed by atoms with Gasteiger partial charge in [0.1, 0.15) is 15.6 Å². The molecule has 2 aromatic carbocycles. The number of esters is 1. The predicted octanol–water partition coefficient (Wildman–Crippen LogP) is 6.98. The number of hydrogen-bond acceptors (Lipinski definition) is 7. The van der Waals surface area contributed by atoms with Crippen LogP contribution in [-0.2, 0) is 39.0 Å². The topological polar surface area (TPSA) is 135 Å². The minimum absolute atomic E-state index is 0.159. The third-order valence-corrected chi connectivity index (χ3v) is 8.53. The largest absolute Gasteiger partial charge is 0.465 e. The van der Waals surface area contributed by atoms with Gasteiger partial charge in [-0.15, -0.1) is 0 Å². The smallest absolute Gasteiger partial charge is 0.309 e. The van der Waals surface area contributed by atoms with Crippen LogP contribution in [-0.4, -0.2) is 32.0 Å². The molecule has 4 N–H and O–H groups in total. The van der Waals surface area contributed by atoms with E-state index in [9.17, 15) is 9.00 Å². The number of benzene rings is 2. The van der Waals surface area contributed by atoms with Gasteiger partial charge in [0.15, 0.2) is 5.82 Å². The maximum Gasteiger partial charge on any atom is 0.309 e. The first-order chi connectivity index (χ1) is 20.5. The van der Waals surface area contributed by atoms with E-state index < -0.39 is 9.92 Å². The summed E-state index contributed by atoms with van der Waals surface area (Å²) in [7, 11) is -3.15. The lowest BCUT2D eigenvalue weighted by Gasteiger charge is -2.11. The highest BCUT2D eigenvalue weighted by Gasteiger charge is 2.13. The van der Waals surface area contributed by atoms with Crippen molar-refractivity contribution in [2.45, 2.75) is 70.4 Å². The lowest BCUT2D eigenvalue weighted by Crippen LogP contribution is -2.21. The summed E-state index contributed by atoms with van der Waals surface area (Å²) in [6.45, 7) is 13.1. The van der Waals surface area contributed by atoms with E-state index in [0.717, 1.165) is 35.3 Å². The Morgan fingerprint density at radius 2 is 1.81 bits per heavy atom. The van der Waals surface area contributed by atoms with Gasteiger partial charge in [-0.25, -0.2) is 23.7 Å². The molecular weight excluding hydrogens is 584 g/mol. The number of nitrogens with zero attached hydrogens (tertiary/aromatic N) is 3. The molecule has 230 valence electrons. The minimum Gasteiger partial charge on any atom is -0.465 e. The molecule has 0 aliphatic heterocycles. The summed E-state index contributed by atoms with van der Waals surface area (Å²) >= 11 is 5.90. The SMILES string of the molecule is C=C(CCc1ccc(S(=N)(=O)NCc2ccc(Cl)cc2)cc1)CC(=O)OCCCCn1cnc(C(=C)N)c1N=C(C)CC. The molecule has 0 spiro atoms. The van der Waals surface area contributed by atoms with Crippen LogP contribution < -0.4 is 10.5 Å². The van der Waals surface area contributed by atoms with Crippen LogP contribution in [0.4, 0.5) is 5.82 Å². The van der Waals surface area contributed by atoms with Crippen molar-refractivity contribution in [3.05, 3.63) is 95.4 Å². The lowest BCUT2D eigenvalue weighted by atomic mass is 10.0. The van der Waals surface area contributed by atoms with Crippen LogP contribution in [0.5, 0.6) is 0 Å². The number of unbranched alkanes of at least 4 members (excludes halogenated alkanes) is 1. The van der Waals surface area contributed by atoms with Crippen molar-refractivity contribution in [1.29, 1.82) is 4.78 Å². The molecule has 1 unspecified atom stereocenters. The van der Waals surface area contributed by atoms with Crippen LogP contribution in [0.15, 0.2) is 83.5 Å². The number of nitrogens with two attached hydrogens (primary N) is 1. The normalized spacial score (nSPS) is 13.0. The standard InChI is InChI=1S/C32H41ClN6O3S/c1-5-24(3)38-32-31(25(4)34)36-22-39(32)18-6-7-19-42-30(40)20-23(2)8-9-26-12-16-29(17-13-26)43(35,41)37-21-27-10-14-28(33)15-11-27/h10-17,22H,2,4-9,18-21,34H2,1,3H3,(H2,35,37,41). The Hall–Kier alpha value is -3.73. The molecule has 3 aromatic rings. The van der Waals surface area contributed by atoms with E-state index >= 15 is 0 Å². The Kier molecular flexibility index (Phi) is 12.7. The van der Waals surface area contributed by atoms with Crippen molar-refractivity contribution in [3.63, 3.8) is 0 Å². The van der Waals surface area contributed by atoms with Crippen LogP contribution in [0.2, 0.25) is 5.02 Å². The fourth-order valence-electron chi connectivity index (χ4n) is 4.10. The van der Waals surface area contributed by atoms with Gasteiger partial charge in [0, 0.05) is 23.8 Å². The number of rotatable bonds is 17. The number of nitrogens with one attached hydrogen (secondary N) is 2. The number of halogens is 1. The molecule has 3 rings (SSSR count). The van der Waals surface area contributed by atoms with Gasteiger partial charge in [-0.1, -0.05) is 61.5 Å². The molecule has 0 amide bonds. The molecule has 1 atom stereocenters. The van der Waals surface area contributed by atoms with Gasteiger partial charge in [0.05, 0.1) is 29.9 Å².